The zero-order valence-electron chi connectivity index (χ0n) is 6.35. The van der Waals surface area contributed by atoms with Gasteiger partial charge in [0.05, 0.1) is 0 Å². The monoisotopic (exact) mass is 135 g/mol. The minimum atomic E-state index is 0.530. The maximum Gasteiger partial charge on any atom is 0.0241 e. The highest BCUT2D eigenvalue weighted by Crippen LogP contribution is 2.04. The first-order valence-corrected chi connectivity index (χ1v) is 3.01. The molecular formula is C9H13N. The molecule has 0 fully saturated rings. The Balaban J connectivity index is 4.03. The summed E-state index contributed by atoms with van der Waals surface area (Å²) in [5.74, 6) is 0. The molecule has 2 N–H and O–H groups in total. The SMILES string of the molecule is C=C(N)/C=C\C(=C)C(=C)C. The second-order valence-electron chi connectivity index (χ2n) is 2.21. The largest absolute Gasteiger partial charge is 0.399 e. The molecule has 0 aromatic carbocycles. The van der Waals surface area contributed by atoms with Gasteiger partial charge in [-0.1, -0.05) is 31.4 Å². The van der Waals surface area contributed by atoms with Crippen molar-refractivity contribution in [3.8, 4) is 0 Å². The van der Waals surface area contributed by atoms with Crippen LogP contribution in [0.1, 0.15) is 6.92 Å². The Morgan fingerprint density at radius 1 is 1.20 bits per heavy atom. The zero-order chi connectivity index (χ0) is 8.15. The van der Waals surface area contributed by atoms with E-state index < -0.39 is 0 Å². The lowest BCUT2D eigenvalue weighted by Crippen LogP contribution is -1.88. The summed E-state index contributed by atoms with van der Waals surface area (Å²) in [5, 5.41) is 0. The van der Waals surface area contributed by atoms with Gasteiger partial charge in [-0.2, -0.15) is 0 Å². The Labute approximate surface area is 62.2 Å². The van der Waals surface area contributed by atoms with Gasteiger partial charge in [0, 0.05) is 5.70 Å². The van der Waals surface area contributed by atoms with Crippen LogP contribution in [0, 0.1) is 0 Å². The minimum Gasteiger partial charge on any atom is -0.399 e. The van der Waals surface area contributed by atoms with Gasteiger partial charge in [0.25, 0.3) is 0 Å². The molecule has 10 heavy (non-hydrogen) atoms. The van der Waals surface area contributed by atoms with E-state index in [4.69, 9.17) is 5.73 Å². The van der Waals surface area contributed by atoms with E-state index >= 15 is 0 Å². The van der Waals surface area contributed by atoms with Crippen LogP contribution in [0.4, 0.5) is 0 Å². The van der Waals surface area contributed by atoms with Crippen LogP contribution in [0.3, 0.4) is 0 Å². The molecule has 54 valence electrons. The molecule has 0 rings (SSSR count). The summed E-state index contributed by atoms with van der Waals surface area (Å²) in [6.45, 7) is 12.9. The van der Waals surface area contributed by atoms with Crippen LogP contribution < -0.4 is 5.73 Å². The molecule has 0 saturated carbocycles. The highest BCUT2D eigenvalue weighted by atomic mass is 14.5. The van der Waals surface area contributed by atoms with Crippen LogP contribution in [0.15, 0.2) is 48.7 Å². The second-order valence-corrected chi connectivity index (χ2v) is 2.21. The predicted molar refractivity (Wildman–Crippen MR) is 46.4 cm³/mol. The van der Waals surface area contributed by atoms with Crippen LogP contribution in [0.2, 0.25) is 0 Å². The number of nitrogens with two attached hydrogens (primary N) is 1. The van der Waals surface area contributed by atoms with Crippen molar-refractivity contribution in [2.75, 3.05) is 0 Å². The third-order valence-corrected chi connectivity index (χ3v) is 1.05. The van der Waals surface area contributed by atoms with E-state index in [0.29, 0.717) is 5.70 Å². The van der Waals surface area contributed by atoms with Crippen molar-refractivity contribution in [2.24, 2.45) is 5.73 Å². The number of hydrogen-bond donors (Lipinski definition) is 1. The molecule has 0 heterocycles. The van der Waals surface area contributed by atoms with E-state index in [1.807, 2.05) is 6.92 Å². The van der Waals surface area contributed by atoms with Gasteiger partial charge in [0.1, 0.15) is 0 Å². The van der Waals surface area contributed by atoms with Gasteiger partial charge < -0.3 is 5.73 Å². The van der Waals surface area contributed by atoms with E-state index in [-0.39, 0.29) is 0 Å². The molecule has 0 aliphatic carbocycles. The Bertz CT molecular complexity index is 197. The van der Waals surface area contributed by atoms with Crippen molar-refractivity contribution >= 4 is 0 Å². The van der Waals surface area contributed by atoms with Crippen LogP contribution in [-0.4, -0.2) is 0 Å². The van der Waals surface area contributed by atoms with Crippen molar-refractivity contribution in [1.29, 1.82) is 0 Å². The highest BCUT2D eigenvalue weighted by molar-refractivity contribution is 5.35. The van der Waals surface area contributed by atoms with Crippen molar-refractivity contribution in [3.05, 3.63) is 48.7 Å². The molecule has 0 aromatic rings. The Hall–Kier alpha value is -1.24. The summed E-state index contributed by atoms with van der Waals surface area (Å²) in [6, 6.07) is 0. The van der Waals surface area contributed by atoms with Gasteiger partial charge in [-0.25, -0.2) is 0 Å². The first kappa shape index (κ1) is 8.76. The maximum atomic E-state index is 5.29. The Morgan fingerprint density at radius 3 is 2.00 bits per heavy atom. The summed E-state index contributed by atoms with van der Waals surface area (Å²) >= 11 is 0. The highest BCUT2D eigenvalue weighted by Gasteiger charge is 1.85. The van der Waals surface area contributed by atoms with Crippen LogP contribution >= 0.6 is 0 Å². The zero-order valence-corrected chi connectivity index (χ0v) is 6.35. The fourth-order valence-electron chi connectivity index (χ4n) is 0.350. The van der Waals surface area contributed by atoms with E-state index in [9.17, 15) is 0 Å². The summed E-state index contributed by atoms with van der Waals surface area (Å²) in [4.78, 5) is 0. The normalized spacial score (nSPS) is 9.70. The van der Waals surface area contributed by atoms with Crippen molar-refractivity contribution in [1.82, 2.24) is 0 Å². The predicted octanol–water partition coefficient (Wildman–Crippen LogP) is 2.15. The quantitative estimate of drug-likeness (QED) is 0.589. The molecule has 1 nitrogen and oxygen atoms in total. The molecular weight excluding hydrogens is 122 g/mol. The number of rotatable bonds is 3. The summed E-state index contributed by atoms with van der Waals surface area (Å²) in [7, 11) is 0. The van der Waals surface area contributed by atoms with Gasteiger partial charge in [0.2, 0.25) is 0 Å². The molecule has 0 atom stereocenters. The van der Waals surface area contributed by atoms with Crippen molar-refractivity contribution in [2.45, 2.75) is 6.92 Å². The lowest BCUT2D eigenvalue weighted by molar-refractivity contribution is 1.42. The second kappa shape index (κ2) is 3.72. The van der Waals surface area contributed by atoms with E-state index in [1.165, 1.54) is 0 Å². The van der Waals surface area contributed by atoms with Gasteiger partial charge in [-0.3, -0.25) is 0 Å². The maximum absolute atomic E-state index is 5.29. The topological polar surface area (TPSA) is 26.0 Å². The molecule has 0 unspecified atom stereocenters. The molecule has 0 spiro atoms. The number of allylic oxidation sites excluding steroid dienone is 4. The molecule has 0 aliphatic heterocycles. The minimum absolute atomic E-state index is 0.530. The van der Waals surface area contributed by atoms with E-state index in [2.05, 4.69) is 19.7 Å². The molecule has 1 heteroatoms. The average molecular weight is 135 g/mol. The van der Waals surface area contributed by atoms with Gasteiger partial charge in [-0.05, 0) is 18.6 Å². The third kappa shape index (κ3) is 3.72. The first-order chi connectivity index (χ1) is 4.54. The van der Waals surface area contributed by atoms with Crippen molar-refractivity contribution < 1.29 is 0 Å². The lowest BCUT2D eigenvalue weighted by Gasteiger charge is -1.94. The molecule has 0 amide bonds. The van der Waals surface area contributed by atoms with Crippen LogP contribution in [0.5, 0.6) is 0 Å². The van der Waals surface area contributed by atoms with Crippen LogP contribution in [0.25, 0.3) is 0 Å². The Kier molecular flexibility index (Phi) is 3.26. The molecule has 0 bridgehead atoms. The molecule has 0 radical (unpaired) electrons. The summed E-state index contributed by atoms with van der Waals surface area (Å²) < 4.78 is 0. The smallest absolute Gasteiger partial charge is 0.0241 e. The molecule has 0 saturated heterocycles. The first-order valence-electron chi connectivity index (χ1n) is 3.01. The van der Waals surface area contributed by atoms with Gasteiger partial charge in [-0.15, -0.1) is 0 Å². The van der Waals surface area contributed by atoms with Gasteiger partial charge >= 0.3 is 0 Å². The molecule has 0 aromatic heterocycles. The van der Waals surface area contributed by atoms with Gasteiger partial charge in [0.15, 0.2) is 0 Å². The van der Waals surface area contributed by atoms with Crippen molar-refractivity contribution in [3.63, 3.8) is 0 Å². The fraction of sp³-hybridized carbons (Fsp3) is 0.111. The summed E-state index contributed by atoms with van der Waals surface area (Å²) in [6.07, 6.45) is 3.50. The lowest BCUT2D eigenvalue weighted by atomic mass is 10.1. The standard InChI is InChI=1S/C9H13N/c1-7(2)8(3)5-6-9(4)10/h5-6H,1,3-4,10H2,2H3/b6-5-. The molecule has 0 aliphatic rings. The number of hydrogen-bond acceptors (Lipinski definition) is 1. The van der Waals surface area contributed by atoms with Crippen LogP contribution in [-0.2, 0) is 0 Å². The fourth-order valence-corrected chi connectivity index (χ4v) is 0.350. The third-order valence-electron chi connectivity index (χ3n) is 1.05. The Morgan fingerprint density at radius 2 is 1.70 bits per heavy atom. The van der Waals surface area contributed by atoms with E-state index in [0.717, 1.165) is 11.1 Å². The average Bonchev–Trinajstić information content (AvgIpc) is 1.82. The summed E-state index contributed by atoms with van der Waals surface area (Å²) in [5.41, 5.74) is 7.64. The van der Waals surface area contributed by atoms with E-state index in [1.54, 1.807) is 12.2 Å².